The lowest BCUT2D eigenvalue weighted by Gasteiger charge is -2.02. The fourth-order valence-electron chi connectivity index (χ4n) is 1.34. The van der Waals surface area contributed by atoms with Crippen LogP contribution in [0.2, 0.25) is 0 Å². The van der Waals surface area contributed by atoms with Crippen LogP contribution >= 0.6 is 8.58 Å². The highest BCUT2D eigenvalue weighted by Crippen LogP contribution is 2.11. The molecule has 0 aliphatic carbocycles. The van der Waals surface area contributed by atoms with Crippen LogP contribution in [0.15, 0.2) is 48.5 Å². The van der Waals surface area contributed by atoms with Crippen LogP contribution in [-0.2, 0) is 0 Å². The summed E-state index contributed by atoms with van der Waals surface area (Å²) >= 11 is 0. The Morgan fingerprint density at radius 3 is 1.80 bits per heavy atom. The molecule has 0 aliphatic rings. The van der Waals surface area contributed by atoms with Crippen LogP contribution in [0.5, 0.6) is 0 Å². The standard InChI is InChI=1S/C13H12FP/c1-10-2-6-12(7-3-10)15-13-8-4-11(14)5-9-13/h2-9,15H,1H3. The lowest BCUT2D eigenvalue weighted by atomic mass is 10.2. The van der Waals surface area contributed by atoms with E-state index in [1.807, 2.05) is 12.1 Å². The van der Waals surface area contributed by atoms with E-state index in [0.717, 1.165) is 0 Å². The molecular weight excluding hydrogens is 206 g/mol. The van der Waals surface area contributed by atoms with Crippen molar-refractivity contribution >= 4 is 19.2 Å². The van der Waals surface area contributed by atoms with Gasteiger partial charge >= 0.3 is 0 Å². The van der Waals surface area contributed by atoms with Crippen molar-refractivity contribution in [2.24, 2.45) is 0 Å². The highest BCUT2D eigenvalue weighted by molar-refractivity contribution is 7.55. The molecule has 0 aromatic heterocycles. The van der Waals surface area contributed by atoms with Crippen LogP contribution in [0.4, 0.5) is 4.39 Å². The van der Waals surface area contributed by atoms with Crippen molar-refractivity contribution < 1.29 is 4.39 Å². The highest BCUT2D eigenvalue weighted by atomic mass is 31.1. The van der Waals surface area contributed by atoms with Crippen LogP contribution < -0.4 is 10.6 Å². The maximum Gasteiger partial charge on any atom is 0.123 e. The Morgan fingerprint density at radius 1 is 0.800 bits per heavy atom. The first-order chi connectivity index (χ1) is 7.24. The summed E-state index contributed by atoms with van der Waals surface area (Å²) in [6.45, 7) is 2.07. The van der Waals surface area contributed by atoms with Gasteiger partial charge in [0.2, 0.25) is 0 Å². The Kier molecular flexibility index (Phi) is 3.13. The Labute approximate surface area is 90.9 Å². The lowest BCUT2D eigenvalue weighted by Crippen LogP contribution is -2.02. The van der Waals surface area contributed by atoms with E-state index in [9.17, 15) is 4.39 Å². The zero-order chi connectivity index (χ0) is 10.7. The average Bonchev–Trinajstić information content (AvgIpc) is 2.25. The van der Waals surface area contributed by atoms with Crippen molar-refractivity contribution in [3.05, 3.63) is 59.9 Å². The number of benzene rings is 2. The number of rotatable bonds is 2. The van der Waals surface area contributed by atoms with E-state index >= 15 is 0 Å². The molecule has 76 valence electrons. The molecule has 0 heterocycles. The van der Waals surface area contributed by atoms with Gasteiger partial charge in [-0.3, -0.25) is 0 Å². The van der Waals surface area contributed by atoms with E-state index in [2.05, 4.69) is 31.2 Å². The van der Waals surface area contributed by atoms with E-state index in [-0.39, 0.29) is 5.82 Å². The van der Waals surface area contributed by atoms with Gasteiger partial charge < -0.3 is 0 Å². The van der Waals surface area contributed by atoms with Gasteiger partial charge in [-0.25, -0.2) is 4.39 Å². The molecule has 0 amide bonds. The first-order valence-electron chi connectivity index (χ1n) is 4.83. The summed E-state index contributed by atoms with van der Waals surface area (Å²) in [4.78, 5) is 0. The summed E-state index contributed by atoms with van der Waals surface area (Å²) in [5.74, 6) is -0.174. The molecule has 2 aromatic rings. The van der Waals surface area contributed by atoms with Crippen molar-refractivity contribution in [3.8, 4) is 0 Å². The van der Waals surface area contributed by atoms with Gasteiger partial charge in [0.05, 0.1) is 0 Å². The van der Waals surface area contributed by atoms with Gasteiger partial charge in [0.25, 0.3) is 0 Å². The summed E-state index contributed by atoms with van der Waals surface area (Å²) in [5, 5.41) is 2.45. The van der Waals surface area contributed by atoms with Gasteiger partial charge in [0, 0.05) is 0 Å². The Hall–Kier alpha value is -1.20. The molecule has 0 aliphatic heterocycles. The summed E-state index contributed by atoms with van der Waals surface area (Å²) < 4.78 is 12.7. The molecule has 2 rings (SSSR count). The molecule has 0 saturated heterocycles. The Morgan fingerprint density at radius 2 is 1.27 bits per heavy atom. The predicted octanol–water partition coefficient (Wildman–Crippen LogP) is 2.76. The van der Waals surface area contributed by atoms with Gasteiger partial charge in [0.15, 0.2) is 0 Å². The molecular formula is C13H12FP. The second-order valence-electron chi connectivity index (χ2n) is 3.50. The Balaban J connectivity index is 2.15. The molecule has 0 saturated carbocycles. The minimum atomic E-state index is -0.174. The number of aryl methyl sites for hydroxylation is 1. The Bertz CT molecular complexity index is 388. The zero-order valence-electron chi connectivity index (χ0n) is 8.50. The second-order valence-corrected chi connectivity index (χ2v) is 4.90. The van der Waals surface area contributed by atoms with Crippen LogP contribution in [0.3, 0.4) is 0 Å². The van der Waals surface area contributed by atoms with Crippen LogP contribution in [0.1, 0.15) is 5.56 Å². The molecule has 0 fully saturated rings. The molecule has 1 unspecified atom stereocenters. The molecule has 0 bridgehead atoms. The summed E-state index contributed by atoms with van der Waals surface area (Å²) in [6, 6.07) is 15.2. The first kappa shape index (κ1) is 10.3. The lowest BCUT2D eigenvalue weighted by molar-refractivity contribution is 0.628. The smallest absolute Gasteiger partial charge is 0.123 e. The number of hydrogen-bond donors (Lipinski definition) is 0. The zero-order valence-corrected chi connectivity index (χ0v) is 9.50. The average molecular weight is 218 g/mol. The maximum atomic E-state index is 12.7. The van der Waals surface area contributed by atoms with Crippen molar-refractivity contribution in [1.82, 2.24) is 0 Å². The SMILES string of the molecule is Cc1ccc(Pc2ccc(F)cc2)cc1. The van der Waals surface area contributed by atoms with Gasteiger partial charge in [-0.05, 0) is 29.7 Å². The van der Waals surface area contributed by atoms with Crippen molar-refractivity contribution in [1.29, 1.82) is 0 Å². The molecule has 0 nitrogen and oxygen atoms in total. The van der Waals surface area contributed by atoms with E-state index in [4.69, 9.17) is 0 Å². The van der Waals surface area contributed by atoms with E-state index in [1.165, 1.54) is 28.3 Å². The third-order valence-corrected chi connectivity index (χ3v) is 3.43. The molecule has 2 aromatic carbocycles. The normalized spacial score (nSPS) is 11.1. The summed E-state index contributed by atoms with van der Waals surface area (Å²) in [7, 11) is 0.603. The van der Waals surface area contributed by atoms with Crippen molar-refractivity contribution in [2.45, 2.75) is 6.92 Å². The summed E-state index contributed by atoms with van der Waals surface area (Å²) in [6.07, 6.45) is 0. The topological polar surface area (TPSA) is 0 Å². The molecule has 1 atom stereocenters. The monoisotopic (exact) mass is 218 g/mol. The van der Waals surface area contributed by atoms with Gasteiger partial charge in [0.1, 0.15) is 5.82 Å². The van der Waals surface area contributed by atoms with Gasteiger partial charge in [-0.15, -0.1) is 0 Å². The largest absolute Gasteiger partial charge is 0.207 e. The third-order valence-electron chi connectivity index (χ3n) is 2.18. The fourth-order valence-corrected chi connectivity index (χ4v) is 2.34. The third kappa shape index (κ3) is 2.87. The molecule has 0 spiro atoms. The minimum Gasteiger partial charge on any atom is -0.207 e. The molecule has 15 heavy (non-hydrogen) atoms. The van der Waals surface area contributed by atoms with E-state index in [0.29, 0.717) is 8.58 Å². The highest BCUT2D eigenvalue weighted by Gasteiger charge is 1.96. The van der Waals surface area contributed by atoms with Gasteiger partial charge in [-0.2, -0.15) is 0 Å². The molecule has 0 radical (unpaired) electrons. The van der Waals surface area contributed by atoms with E-state index in [1.54, 1.807) is 0 Å². The summed E-state index contributed by atoms with van der Waals surface area (Å²) in [5.41, 5.74) is 1.27. The molecule has 0 N–H and O–H groups in total. The van der Waals surface area contributed by atoms with Gasteiger partial charge in [-0.1, -0.05) is 50.5 Å². The van der Waals surface area contributed by atoms with Crippen molar-refractivity contribution in [3.63, 3.8) is 0 Å². The maximum absolute atomic E-state index is 12.7. The predicted molar refractivity (Wildman–Crippen MR) is 65.2 cm³/mol. The van der Waals surface area contributed by atoms with Crippen LogP contribution in [0, 0.1) is 12.7 Å². The molecule has 2 heteroatoms. The number of halogens is 1. The van der Waals surface area contributed by atoms with Crippen LogP contribution in [-0.4, -0.2) is 0 Å². The van der Waals surface area contributed by atoms with Crippen LogP contribution in [0.25, 0.3) is 0 Å². The second kappa shape index (κ2) is 4.55. The first-order valence-corrected chi connectivity index (χ1v) is 5.83. The minimum absolute atomic E-state index is 0.174. The fraction of sp³-hybridized carbons (Fsp3) is 0.0769. The van der Waals surface area contributed by atoms with E-state index < -0.39 is 0 Å². The number of hydrogen-bond acceptors (Lipinski definition) is 0. The van der Waals surface area contributed by atoms with Crippen molar-refractivity contribution in [2.75, 3.05) is 0 Å². The quantitative estimate of drug-likeness (QED) is 0.680.